The van der Waals surface area contributed by atoms with E-state index in [0.717, 1.165) is 54.2 Å². The maximum Gasteiger partial charge on any atom is 0.348 e. The molecule has 1 unspecified atom stereocenters. The zero-order valence-electron chi connectivity index (χ0n) is 27.8. The van der Waals surface area contributed by atoms with Crippen molar-refractivity contribution in [1.29, 1.82) is 0 Å². The number of esters is 2. The standard InChI is InChI=1S/C37H42Cl2N4O5S/c1-40-31-10-8-25(16-33(31)46-2)32(17-28-29(38)19-41-20-30(28)39)48-36(44)34-11-9-27(49-34)18-42-35(24-6-4-3-5-7-24)37(45)47-22-26-21-43-14-12-23(26)13-15-43/h3-4,6,8-11,16,19-20,23,26,32,35,40,42H,5,7,12-15,17-18,21-22H2,1-2H3/t26-,32-,35?/m0/s1. The minimum atomic E-state index is -0.713. The summed E-state index contributed by atoms with van der Waals surface area (Å²) < 4.78 is 17.7. The summed E-state index contributed by atoms with van der Waals surface area (Å²) in [6.07, 6.45) is 12.7. The second-order valence-electron chi connectivity index (χ2n) is 12.7. The molecule has 12 heteroatoms. The molecule has 4 aliphatic rings. The van der Waals surface area contributed by atoms with E-state index < -0.39 is 18.1 Å². The number of aromatic nitrogens is 1. The van der Waals surface area contributed by atoms with Gasteiger partial charge in [-0.1, -0.05) is 47.5 Å². The maximum atomic E-state index is 13.6. The number of pyridine rings is 1. The number of thiophene rings is 1. The second-order valence-corrected chi connectivity index (χ2v) is 14.7. The third-order valence-electron chi connectivity index (χ3n) is 9.68. The Balaban J connectivity index is 1.14. The van der Waals surface area contributed by atoms with Crippen LogP contribution in [0.5, 0.6) is 5.75 Å². The molecule has 2 N–H and O–H groups in total. The lowest BCUT2D eigenvalue weighted by Gasteiger charge is -2.44. The molecule has 7 rings (SSSR count). The lowest BCUT2D eigenvalue weighted by molar-refractivity contribution is -0.148. The number of piperidine rings is 3. The van der Waals surface area contributed by atoms with Crippen LogP contribution in [0.15, 0.2) is 66.5 Å². The van der Waals surface area contributed by atoms with E-state index in [1.54, 1.807) is 13.2 Å². The number of methoxy groups -OCH3 is 1. The molecule has 3 aliphatic heterocycles. The number of anilines is 1. The number of carbonyl (C=O) groups excluding carboxylic acids is 2. The molecule has 0 spiro atoms. The van der Waals surface area contributed by atoms with Crippen molar-refractivity contribution in [2.75, 3.05) is 45.7 Å². The SMILES string of the molecule is CNc1ccc([C@H](Cc2c(Cl)cncc2Cl)OC(=O)c2ccc(CNC(C(=O)OC[C@@H]3CN4CCC3CC4)C3=CC=CCC3)s2)cc1OC. The summed E-state index contributed by atoms with van der Waals surface area (Å²) in [4.78, 5) is 35.0. The highest BCUT2D eigenvalue weighted by Crippen LogP contribution is 2.36. The number of fused-ring (bicyclic) bond motifs is 3. The fourth-order valence-corrected chi connectivity index (χ4v) is 8.27. The fourth-order valence-electron chi connectivity index (χ4n) is 6.91. The average molecular weight is 726 g/mol. The van der Waals surface area contributed by atoms with Crippen LogP contribution >= 0.6 is 34.5 Å². The van der Waals surface area contributed by atoms with Crippen molar-refractivity contribution < 1.29 is 23.8 Å². The first kappa shape index (κ1) is 35.4. The normalized spacial score (nSPS) is 21.1. The second kappa shape index (κ2) is 16.5. The van der Waals surface area contributed by atoms with E-state index in [4.69, 9.17) is 37.4 Å². The Bertz CT molecular complexity index is 1680. The largest absolute Gasteiger partial charge is 0.495 e. The van der Waals surface area contributed by atoms with Crippen LogP contribution in [-0.4, -0.2) is 68.3 Å². The lowest BCUT2D eigenvalue weighted by atomic mass is 9.79. The lowest BCUT2D eigenvalue weighted by Crippen LogP contribution is -2.49. The van der Waals surface area contributed by atoms with Gasteiger partial charge in [0.05, 0.1) is 29.4 Å². The van der Waals surface area contributed by atoms with Crippen LogP contribution in [0.25, 0.3) is 0 Å². The van der Waals surface area contributed by atoms with Crippen molar-refractivity contribution in [1.82, 2.24) is 15.2 Å². The number of benzene rings is 1. The van der Waals surface area contributed by atoms with Crippen LogP contribution in [0.1, 0.15) is 57.5 Å². The van der Waals surface area contributed by atoms with E-state index in [1.807, 2.05) is 43.5 Å². The van der Waals surface area contributed by atoms with Gasteiger partial charge in [-0.05, 0) is 85.7 Å². The van der Waals surface area contributed by atoms with Crippen molar-refractivity contribution >= 4 is 52.2 Å². The molecule has 2 aromatic heterocycles. The number of nitrogens with one attached hydrogen (secondary N) is 2. The van der Waals surface area contributed by atoms with Gasteiger partial charge in [-0.2, -0.15) is 0 Å². The quantitative estimate of drug-likeness (QED) is 0.166. The molecule has 260 valence electrons. The van der Waals surface area contributed by atoms with E-state index >= 15 is 0 Å². The Kier molecular flexibility index (Phi) is 11.9. The maximum absolute atomic E-state index is 13.6. The first-order chi connectivity index (χ1) is 23.8. The van der Waals surface area contributed by atoms with Crippen LogP contribution < -0.4 is 15.4 Å². The molecule has 9 nitrogen and oxygen atoms in total. The summed E-state index contributed by atoms with van der Waals surface area (Å²) in [5, 5.41) is 7.30. The molecule has 3 fully saturated rings. The van der Waals surface area contributed by atoms with E-state index in [0.29, 0.717) is 51.2 Å². The number of nitrogens with zero attached hydrogens (tertiary/aromatic N) is 2. The highest BCUT2D eigenvalue weighted by Gasteiger charge is 2.35. The van der Waals surface area contributed by atoms with Crippen molar-refractivity contribution in [2.45, 2.75) is 50.8 Å². The molecular formula is C37H42Cl2N4O5S. The molecular weight excluding hydrogens is 683 g/mol. The monoisotopic (exact) mass is 724 g/mol. The minimum absolute atomic E-state index is 0.237. The van der Waals surface area contributed by atoms with Crippen LogP contribution in [0.3, 0.4) is 0 Å². The van der Waals surface area contributed by atoms with Gasteiger partial charge in [-0.3, -0.25) is 10.3 Å². The van der Waals surface area contributed by atoms with Crippen LogP contribution in [0.4, 0.5) is 5.69 Å². The van der Waals surface area contributed by atoms with Crippen molar-refractivity contribution in [3.63, 3.8) is 0 Å². The first-order valence-electron chi connectivity index (χ1n) is 16.7. The van der Waals surface area contributed by atoms with E-state index in [9.17, 15) is 9.59 Å². The zero-order chi connectivity index (χ0) is 34.3. The van der Waals surface area contributed by atoms with E-state index in [-0.39, 0.29) is 12.4 Å². The highest BCUT2D eigenvalue weighted by molar-refractivity contribution is 7.13. The smallest absolute Gasteiger partial charge is 0.348 e. The average Bonchev–Trinajstić information content (AvgIpc) is 3.62. The van der Waals surface area contributed by atoms with Gasteiger partial charge in [-0.25, -0.2) is 9.59 Å². The number of ether oxygens (including phenoxy) is 3. The highest BCUT2D eigenvalue weighted by atomic mass is 35.5. The Hall–Kier alpha value is -3.41. The number of hydrogen-bond donors (Lipinski definition) is 2. The van der Waals surface area contributed by atoms with Crippen molar-refractivity contribution in [3.05, 3.63) is 97.5 Å². The summed E-state index contributed by atoms with van der Waals surface area (Å²) >= 11 is 14.3. The Morgan fingerprint density at radius 1 is 1.12 bits per heavy atom. The fraction of sp³-hybridized carbons (Fsp3) is 0.432. The summed E-state index contributed by atoms with van der Waals surface area (Å²) in [5.74, 6) is 0.921. The molecule has 1 aliphatic carbocycles. The zero-order valence-corrected chi connectivity index (χ0v) is 30.1. The van der Waals surface area contributed by atoms with Gasteiger partial charge in [0, 0.05) is 49.7 Å². The van der Waals surface area contributed by atoms with Gasteiger partial charge in [0.25, 0.3) is 0 Å². The third kappa shape index (κ3) is 8.67. The number of hydrogen-bond acceptors (Lipinski definition) is 10. The molecule has 0 amide bonds. The van der Waals surface area contributed by atoms with Gasteiger partial charge < -0.3 is 24.4 Å². The Morgan fingerprint density at radius 2 is 1.92 bits per heavy atom. The molecule has 5 heterocycles. The number of halogens is 2. The number of carbonyl (C=O) groups is 2. The summed E-state index contributed by atoms with van der Waals surface area (Å²) in [7, 11) is 3.39. The van der Waals surface area contributed by atoms with Crippen LogP contribution in [0, 0.1) is 11.8 Å². The van der Waals surface area contributed by atoms with Gasteiger partial charge in [-0.15, -0.1) is 11.3 Å². The van der Waals surface area contributed by atoms with Gasteiger partial charge in [0.2, 0.25) is 0 Å². The van der Waals surface area contributed by atoms with Gasteiger partial charge in [0.15, 0.2) is 0 Å². The van der Waals surface area contributed by atoms with E-state index in [2.05, 4.69) is 26.6 Å². The summed E-state index contributed by atoms with van der Waals surface area (Å²) in [6.45, 7) is 4.17. The Labute approximate surface area is 301 Å². The van der Waals surface area contributed by atoms with Crippen LogP contribution in [0.2, 0.25) is 10.0 Å². The third-order valence-corrected chi connectivity index (χ3v) is 11.4. The predicted molar refractivity (Wildman–Crippen MR) is 194 cm³/mol. The minimum Gasteiger partial charge on any atom is -0.495 e. The molecule has 2 bridgehead atoms. The molecule has 3 atom stereocenters. The number of rotatable bonds is 14. The topological polar surface area (TPSA) is 102 Å². The van der Waals surface area contributed by atoms with Gasteiger partial charge in [0.1, 0.15) is 22.8 Å². The van der Waals surface area contributed by atoms with Crippen LogP contribution in [-0.2, 0) is 27.2 Å². The van der Waals surface area contributed by atoms with Gasteiger partial charge >= 0.3 is 11.9 Å². The molecule has 3 saturated heterocycles. The molecule has 0 saturated carbocycles. The van der Waals surface area contributed by atoms with Crippen molar-refractivity contribution in [2.24, 2.45) is 11.8 Å². The Morgan fingerprint density at radius 3 is 2.59 bits per heavy atom. The molecule has 3 aromatic rings. The summed E-state index contributed by atoms with van der Waals surface area (Å²) in [6, 6.07) is 8.66. The van der Waals surface area contributed by atoms with Crippen molar-refractivity contribution in [3.8, 4) is 5.75 Å². The first-order valence-corrected chi connectivity index (χ1v) is 18.3. The molecule has 1 aromatic carbocycles. The number of allylic oxidation sites excluding steroid dienone is 3. The predicted octanol–water partition coefficient (Wildman–Crippen LogP) is 7.26. The molecule has 0 radical (unpaired) electrons. The summed E-state index contributed by atoms with van der Waals surface area (Å²) in [5.41, 5.74) is 3.16. The van der Waals surface area contributed by atoms with E-state index in [1.165, 1.54) is 36.6 Å². The molecule has 49 heavy (non-hydrogen) atoms.